The van der Waals surface area contributed by atoms with Gasteiger partial charge in [-0.2, -0.15) is 4.39 Å². The smallest absolute Gasteiger partial charge is 0.314 e. The molecule has 24 heavy (non-hydrogen) atoms. The molecule has 4 rings (SSSR count). The molecule has 2 amide bonds. The minimum Gasteiger partial charge on any atom is -0.314 e. The summed E-state index contributed by atoms with van der Waals surface area (Å²) in [7, 11) is 0. The first kappa shape index (κ1) is 15.3. The molecule has 1 N–H and O–H groups in total. The highest BCUT2D eigenvalue weighted by molar-refractivity contribution is 6.31. The fraction of sp³-hybridized carbons (Fsp3) is 0.294. The van der Waals surface area contributed by atoms with Crippen LogP contribution in [0.4, 0.5) is 19.3 Å². The summed E-state index contributed by atoms with van der Waals surface area (Å²) in [6.07, 6.45) is 3.50. The lowest BCUT2D eigenvalue weighted by atomic mass is 9.95. The molecule has 2 atom stereocenters. The third kappa shape index (κ3) is 2.41. The minimum absolute atomic E-state index is 0.0482. The van der Waals surface area contributed by atoms with Crippen molar-refractivity contribution in [2.75, 3.05) is 5.32 Å². The summed E-state index contributed by atoms with van der Waals surface area (Å²) in [6, 6.07) is 5.32. The van der Waals surface area contributed by atoms with Crippen LogP contribution in [0.5, 0.6) is 0 Å². The Hall–Kier alpha value is -2.21. The van der Waals surface area contributed by atoms with E-state index in [0.29, 0.717) is 17.7 Å². The van der Waals surface area contributed by atoms with Crippen molar-refractivity contribution < 1.29 is 13.6 Å². The number of hydrogen-bond donors (Lipinski definition) is 1. The fourth-order valence-corrected chi connectivity index (χ4v) is 3.87. The van der Waals surface area contributed by atoms with E-state index in [1.54, 1.807) is 11.0 Å². The van der Waals surface area contributed by atoms with E-state index in [1.165, 1.54) is 24.4 Å². The quantitative estimate of drug-likeness (QED) is 0.780. The average Bonchev–Trinajstić information content (AvgIpc) is 2.87. The number of carbonyl (C=O) groups excluding carboxylic acids is 1. The molecule has 0 unspecified atom stereocenters. The summed E-state index contributed by atoms with van der Waals surface area (Å²) in [6.45, 7) is 0. The Labute approximate surface area is 142 Å². The zero-order valence-electron chi connectivity index (χ0n) is 12.6. The third-order valence-corrected chi connectivity index (χ3v) is 5.04. The van der Waals surface area contributed by atoms with Crippen LogP contribution in [0.3, 0.4) is 0 Å². The number of amides is 2. The summed E-state index contributed by atoms with van der Waals surface area (Å²) < 4.78 is 27.2. The zero-order valence-corrected chi connectivity index (χ0v) is 13.4. The Morgan fingerprint density at radius 2 is 2.12 bits per heavy atom. The Bertz CT molecular complexity index is 829. The number of carbonyl (C=O) groups is 1. The number of rotatable bonds is 1. The van der Waals surface area contributed by atoms with Crippen LogP contribution in [0.25, 0.3) is 0 Å². The van der Waals surface area contributed by atoms with Crippen LogP contribution in [0.15, 0.2) is 30.5 Å². The minimum atomic E-state index is -0.537. The van der Waals surface area contributed by atoms with Gasteiger partial charge in [0.15, 0.2) is 0 Å². The molecule has 1 saturated heterocycles. The van der Waals surface area contributed by atoms with Gasteiger partial charge in [-0.3, -0.25) is 0 Å². The topological polar surface area (TPSA) is 45.2 Å². The van der Waals surface area contributed by atoms with E-state index >= 15 is 0 Å². The molecule has 0 aliphatic carbocycles. The molecule has 1 aromatic carbocycles. The first-order valence-corrected chi connectivity index (χ1v) is 8.10. The van der Waals surface area contributed by atoms with E-state index in [1.807, 2.05) is 0 Å². The summed E-state index contributed by atoms with van der Waals surface area (Å²) >= 11 is 5.75. The van der Waals surface area contributed by atoms with Gasteiger partial charge in [-0.05, 0) is 49.1 Å². The number of nitrogens with one attached hydrogen (secondary N) is 1. The van der Waals surface area contributed by atoms with Crippen LogP contribution in [-0.2, 0) is 6.42 Å². The van der Waals surface area contributed by atoms with Gasteiger partial charge >= 0.3 is 6.03 Å². The van der Waals surface area contributed by atoms with E-state index in [9.17, 15) is 13.6 Å². The summed E-state index contributed by atoms with van der Waals surface area (Å²) in [5.74, 6) is -0.987. The van der Waals surface area contributed by atoms with Crippen LogP contribution in [-0.4, -0.2) is 22.0 Å². The molecule has 2 aliphatic heterocycles. The number of nitrogens with zero attached hydrogens (tertiary/aromatic N) is 2. The van der Waals surface area contributed by atoms with E-state index < -0.39 is 11.8 Å². The van der Waals surface area contributed by atoms with Gasteiger partial charge < -0.3 is 10.2 Å². The molecular formula is C17H14ClF2N3O. The largest absolute Gasteiger partial charge is 0.322 e. The maximum Gasteiger partial charge on any atom is 0.322 e. The highest BCUT2D eigenvalue weighted by Gasteiger charge is 2.43. The summed E-state index contributed by atoms with van der Waals surface area (Å²) in [5.41, 5.74) is 1.86. The molecular weight excluding hydrogens is 336 g/mol. The first-order chi connectivity index (χ1) is 11.5. The standard InChI is InChI=1S/C17H14ClF2N3O/c18-13-7-9(1-3-14(13)19)22-17(24)23-10-2-4-15(23)11-5-6-21-16(20)12(11)8-10/h1,3,5-7,10,15H,2,4,8H2,(H,22,24)/t10-,15+/m0/s1. The molecule has 124 valence electrons. The van der Waals surface area contributed by atoms with Crippen molar-refractivity contribution in [3.8, 4) is 0 Å². The average molecular weight is 350 g/mol. The van der Waals surface area contributed by atoms with Gasteiger partial charge in [0.25, 0.3) is 0 Å². The molecule has 2 bridgehead atoms. The molecule has 4 nitrogen and oxygen atoms in total. The van der Waals surface area contributed by atoms with Crippen molar-refractivity contribution in [1.29, 1.82) is 0 Å². The van der Waals surface area contributed by atoms with Gasteiger partial charge in [0, 0.05) is 23.5 Å². The van der Waals surface area contributed by atoms with Crippen molar-refractivity contribution in [2.24, 2.45) is 0 Å². The van der Waals surface area contributed by atoms with Gasteiger partial charge in [-0.1, -0.05) is 11.6 Å². The lowest BCUT2D eigenvalue weighted by molar-refractivity contribution is 0.178. The highest BCUT2D eigenvalue weighted by Crippen LogP contribution is 2.44. The highest BCUT2D eigenvalue weighted by atomic mass is 35.5. The number of fused-ring (bicyclic) bond motifs is 4. The predicted molar refractivity (Wildman–Crippen MR) is 85.9 cm³/mol. The maximum atomic E-state index is 13.9. The van der Waals surface area contributed by atoms with Crippen molar-refractivity contribution in [3.63, 3.8) is 0 Å². The molecule has 0 spiro atoms. The molecule has 1 aromatic heterocycles. The van der Waals surface area contributed by atoms with Gasteiger partial charge in [0.05, 0.1) is 11.1 Å². The van der Waals surface area contributed by atoms with Gasteiger partial charge in [0.1, 0.15) is 5.82 Å². The number of pyridine rings is 1. The lowest BCUT2D eigenvalue weighted by Gasteiger charge is -2.36. The predicted octanol–water partition coefficient (Wildman–Crippen LogP) is 4.31. The normalized spacial score (nSPS) is 21.5. The molecule has 1 fully saturated rings. The van der Waals surface area contributed by atoms with Gasteiger partial charge in [0.2, 0.25) is 5.95 Å². The van der Waals surface area contributed by atoms with Crippen LogP contribution in [0, 0.1) is 11.8 Å². The van der Waals surface area contributed by atoms with Gasteiger partial charge in [-0.15, -0.1) is 0 Å². The molecule has 2 aromatic rings. The molecule has 7 heteroatoms. The third-order valence-electron chi connectivity index (χ3n) is 4.75. The number of urea groups is 1. The lowest BCUT2D eigenvalue weighted by Crippen LogP contribution is -2.44. The Kier molecular flexibility index (Phi) is 3.64. The van der Waals surface area contributed by atoms with E-state index in [4.69, 9.17) is 11.6 Å². The fourth-order valence-electron chi connectivity index (χ4n) is 3.69. The molecule has 3 heterocycles. The number of anilines is 1. The Balaban J connectivity index is 1.61. The van der Waals surface area contributed by atoms with Crippen LogP contribution < -0.4 is 5.32 Å². The number of halogens is 3. The van der Waals surface area contributed by atoms with E-state index in [-0.39, 0.29) is 23.1 Å². The first-order valence-electron chi connectivity index (χ1n) is 7.72. The van der Waals surface area contributed by atoms with Crippen LogP contribution in [0.2, 0.25) is 5.02 Å². The van der Waals surface area contributed by atoms with Crippen molar-refractivity contribution in [2.45, 2.75) is 31.3 Å². The second kappa shape index (κ2) is 5.70. The molecule has 2 aliphatic rings. The SMILES string of the molecule is O=C(Nc1ccc(F)c(Cl)c1)N1[C@H]2CC[C@@H]1c1ccnc(F)c1C2. The summed E-state index contributed by atoms with van der Waals surface area (Å²) in [5, 5.41) is 2.70. The number of benzene rings is 1. The molecule has 0 saturated carbocycles. The Morgan fingerprint density at radius 3 is 2.92 bits per heavy atom. The number of hydrogen-bond acceptors (Lipinski definition) is 2. The summed E-state index contributed by atoms with van der Waals surface area (Å²) in [4.78, 5) is 18.1. The van der Waals surface area contributed by atoms with E-state index in [2.05, 4.69) is 10.3 Å². The van der Waals surface area contributed by atoms with Crippen molar-refractivity contribution in [1.82, 2.24) is 9.88 Å². The van der Waals surface area contributed by atoms with Crippen LogP contribution >= 0.6 is 11.6 Å². The van der Waals surface area contributed by atoms with Crippen molar-refractivity contribution in [3.05, 3.63) is 58.4 Å². The van der Waals surface area contributed by atoms with Gasteiger partial charge in [-0.25, -0.2) is 14.2 Å². The maximum absolute atomic E-state index is 13.9. The zero-order chi connectivity index (χ0) is 16.8. The van der Waals surface area contributed by atoms with Crippen molar-refractivity contribution >= 4 is 23.3 Å². The Morgan fingerprint density at radius 1 is 1.29 bits per heavy atom. The molecule has 0 radical (unpaired) electrons. The monoisotopic (exact) mass is 349 g/mol. The van der Waals surface area contributed by atoms with Crippen LogP contribution in [0.1, 0.15) is 30.0 Å². The second-order valence-corrected chi connectivity index (χ2v) is 6.49. The second-order valence-electron chi connectivity index (χ2n) is 6.09. The van der Waals surface area contributed by atoms with E-state index in [0.717, 1.165) is 18.4 Å². The number of aromatic nitrogens is 1.